The molecule has 0 radical (unpaired) electrons. The van der Waals surface area contributed by atoms with Crippen molar-refractivity contribution >= 4 is 29.1 Å². The predicted molar refractivity (Wildman–Crippen MR) is 101 cm³/mol. The molecule has 3 rings (SSSR count). The molecule has 3 amide bonds. The smallest absolute Gasteiger partial charge is 0.261 e. The number of nitrogens with zero attached hydrogens (tertiary/aromatic N) is 2. The van der Waals surface area contributed by atoms with Gasteiger partial charge in [0.15, 0.2) is 0 Å². The lowest BCUT2D eigenvalue weighted by molar-refractivity contribution is -0.140. The fraction of sp³-hybridized carbons (Fsp3) is 0.632. The van der Waals surface area contributed by atoms with Crippen molar-refractivity contribution in [2.75, 3.05) is 32.7 Å². The zero-order valence-corrected chi connectivity index (χ0v) is 15.9. The fourth-order valence-electron chi connectivity index (χ4n) is 3.69. The van der Waals surface area contributed by atoms with Crippen molar-refractivity contribution in [3.63, 3.8) is 0 Å². The summed E-state index contributed by atoms with van der Waals surface area (Å²) in [6.45, 7) is 2.97. The molecule has 0 saturated carbocycles. The van der Waals surface area contributed by atoms with Crippen molar-refractivity contribution in [1.82, 2.24) is 15.1 Å². The van der Waals surface area contributed by atoms with E-state index in [2.05, 4.69) is 5.32 Å². The summed E-state index contributed by atoms with van der Waals surface area (Å²) < 4.78 is 0. The highest BCUT2D eigenvalue weighted by molar-refractivity contribution is 7.12. The minimum absolute atomic E-state index is 0.0153. The van der Waals surface area contributed by atoms with Gasteiger partial charge in [-0.3, -0.25) is 14.4 Å². The van der Waals surface area contributed by atoms with Crippen molar-refractivity contribution in [3.05, 3.63) is 22.4 Å². The van der Waals surface area contributed by atoms with E-state index >= 15 is 0 Å². The van der Waals surface area contributed by atoms with E-state index in [1.165, 1.54) is 24.2 Å². The number of amides is 3. The SMILES string of the molecule is O=C(NCC(=O)N1CCC(C(=O)N2CCCCCC2)CC1)c1cccs1. The molecule has 0 unspecified atom stereocenters. The first-order chi connectivity index (χ1) is 12.6. The standard InChI is InChI=1S/C19H27N3O3S/c23-17(14-20-18(24)16-6-5-13-26-16)21-11-7-15(8-12-21)19(25)22-9-3-1-2-4-10-22/h5-6,13,15H,1-4,7-12,14H2,(H,20,24). The quantitative estimate of drug-likeness (QED) is 0.874. The summed E-state index contributed by atoms with van der Waals surface area (Å²) >= 11 is 1.36. The van der Waals surface area contributed by atoms with E-state index in [0.717, 1.165) is 38.8 Å². The van der Waals surface area contributed by atoms with Crippen LogP contribution in [0, 0.1) is 5.92 Å². The maximum atomic E-state index is 12.7. The molecule has 26 heavy (non-hydrogen) atoms. The molecule has 1 N–H and O–H groups in total. The van der Waals surface area contributed by atoms with Gasteiger partial charge in [-0.2, -0.15) is 0 Å². The Bertz CT molecular complexity index is 616. The lowest BCUT2D eigenvalue weighted by Gasteiger charge is -2.34. The van der Waals surface area contributed by atoms with Gasteiger partial charge in [-0.05, 0) is 37.1 Å². The first kappa shape index (κ1) is 18.9. The summed E-state index contributed by atoms with van der Waals surface area (Å²) in [6, 6.07) is 3.55. The number of carbonyl (C=O) groups is 3. The molecule has 2 saturated heterocycles. The van der Waals surface area contributed by atoms with Crippen LogP contribution in [0.5, 0.6) is 0 Å². The van der Waals surface area contributed by atoms with Crippen LogP contribution in [0.25, 0.3) is 0 Å². The van der Waals surface area contributed by atoms with Crippen molar-refractivity contribution in [3.8, 4) is 0 Å². The van der Waals surface area contributed by atoms with E-state index in [4.69, 9.17) is 0 Å². The highest BCUT2D eigenvalue weighted by Gasteiger charge is 2.30. The number of carbonyl (C=O) groups excluding carboxylic acids is 3. The average Bonchev–Trinajstić information content (AvgIpc) is 3.08. The molecule has 0 aromatic carbocycles. The van der Waals surface area contributed by atoms with Gasteiger partial charge < -0.3 is 15.1 Å². The molecule has 0 bridgehead atoms. The number of nitrogens with one attached hydrogen (secondary N) is 1. The van der Waals surface area contributed by atoms with Crippen LogP contribution in [0.4, 0.5) is 0 Å². The van der Waals surface area contributed by atoms with Gasteiger partial charge in [0.1, 0.15) is 0 Å². The summed E-state index contributed by atoms with van der Waals surface area (Å²) in [5.74, 6) is 0.0259. The third kappa shape index (κ3) is 4.84. The maximum absolute atomic E-state index is 12.7. The summed E-state index contributed by atoms with van der Waals surface area (Å²) in [7, 11) is 0. The second kappa shape index (κ2) is 9.16. The Labute approximate surface area is 158 Å². The highest BCUT2D eigenvalue weighted by Crippen LogP contribution is 2.21. The molecule has 7 heteroatoms. The van der Waals surface area contributed by atoms with E-state index in [0.29, 0.717) is 18.0 Å². The number of piperidine rings is 1. The Morgan fingerprint density at radius 3 is 2.31 bits per heavy atom. The van der Waals surface area contributed by atoms with Gasteiger partial charge >= 0.3 is 0 Å². The van der Waals surface area contributed by atoms with Crippen LogP contribution >= 0.6 is 11.3 Å². The second-order valence-electron chi connectivity index (χ2n) is 7.05. The number of hydrogen-bond acceptors (Lipinski definition) is 4. The molecule has 2 aliphatic heterocycles. The average molecular weight is 378 g/mol. The minimum Gasteiger partial charge on any atom is -0.342 e. The molecule has 0 aliphatic carbocycles. The summed E-state index contributed by atoms with van der Waals surface area (Å²) in [5, 5.41) is 4.52. The first-order valence-corrected chi connectivity index (χ1v) is 10.4. The van der Waals surface area contributed by atoms with Crippen molar-refractivity contribution in [2.24, 2.45) is 5.92 Å². The molecule has 3 heterocycles. The van der Waals surface area contributed by atoms with Crippen LogP contribution in [0.1, 0.15) is 48.2 Å². The third-order valence-electron chi connectivity index (χ3n) is 5.26. The summed E-state index contributed by atoms with van der Waals surface area (Å²) in [5.41, 5.74) is 0. The largest absolute Gasteiger partial charge is 0.342 e. The summed E-state index contributed by atoms with van der Waals surface area (Å²) in [6.07, 6.45) is 6.09. The lowest BCUT2D eigenvalue weighted by Crippen LogP contribution is -2.47. The molecular formula is C19H27N3O3S. The van der Waals surface area contributed by atoms with E-state index in [1.54, 1.807) is 11.0 Å². The normalized spacial score (nSPS) is 19.1. The monoisotopic (exact) mass is 377 g/mol. The predicted octanol–water partition coefficient (Wildman–Crippen LogP) is 2.12. The van der Waals surface area contributed by atoms with Gasteiger partial charge in [0.2, 0.25) is 11.8 Å². The van der Waals surface area contributed by atoms with Gasteiger partial charge in [0.05, 0.1) is 11.4 Å². The third-order valence-corrected chi connectivity index (χ3v) is 6.13. The lowest BCUT2D eigenvalue weighted by atomic mass is 9.95. The second-order valence-corrected chi connectivity index (χ2v) is 8.00. The van der Waals surface area contributed by atoms with Crippen LogP contribution in [0.3, 0.4) is 0 Å². The molecule has 6 nitrogen and oxygen atoms in total. The van der Waals surface area contributed by atoms with Gasteiger partial charge in [-0.1, -0.05) is 18.9 Å². The summed E-state index contributed by atoms with van der Waals surface area (Å²) in [4.78, 5) is 41.3. The van der Waals surface area contributed by atoms with Crippen LogP contribution in [0.2, 0.25) is 0 Å². The van der Waals surface area contributed by atoms with Gasteiger partial charge in [0.25, 0.3) is 5.91 Å². The highest BCUT2D eigenvalue weighted by atomic mass is 32.1. The van der Waals surface area contributed by atoms with Crippen LogP contribution in [0.15, 0.2) is 17.5 Å². The van der Waals surface area contributed by atoms with Crippen LogP contribution in [-0.2, 0) is 9.59 Å². The first-order valence-electron chi connectivity index (χ1n) is 9.53. The van der Waals surface area contributed by atoms with Crippen molar-refractivity contribution in [2.45, 2.75) is 38.5 Å². The number of hydrogen-bond donors (Lipinski definition) is 1. The number of rotatable bonds is 4. The molecule has 1 aromatic heterocycles. The maximum Gasteiger partial charge on any atom is 0.261 e. The Morgan fingerprint density at radius 2 is 1.69 bits per heavy atom. The van der Waals surface area contributed by atoms with E-state index in [9.17, 15) is 14.4 Å². The van der Waals surface area contributed by atoms with Gasteiger partial charge in [-0.25, -0.2) is 0 Å². The van der Waals surface area contributed by atoms with Crippen molar-refractivity contribution < 1.29 is 14.4 Å². The Kier molecular flexibility index (Phi) is 6.66. The number of thiophene rings is 1. The molecule has 1 aromatic rings. The number of likely N-dealkylation sites (tertiary alicyclic amines) is 2. The fourth-order valence-corrected chi connectivity index (χ4v) is 4.33. The zero-order chi connectivity index (χ0) is 18.4. The van der Waals surface area contributed by atoms with Gasteiger partial charge in [-0.15, -0.1) is 11.3 Å². The Morgan fingerprint density at radius 1 is 1.00 bits per heavy atom. The van der Waals surface area contributed by atoms with E-state index in [-0.39, 0.29) is 30.2 Å². The minimum atomic E-state index is -0.209. The van der Waals surface area contributed by atoms with E-state index in [1.807, 2.05) is 16.3 Å². The van der Waals surface area contributed by atoms with E-state index < -0.39 is 0 Å². The Balaban J connectivity index is 1.42. The zero-order valence-electron chi connectivity index (χ0n) is 15.1. The van der Waals surface area contributed by atoms with Gasteiger partial charge in [0, 0.05) is 32.1 Å². The molecule has 2 aliphatic rings. The molecule has 142 valence electrons. The molecular weight excluding hydrogens is 350 g/mol. The molecule has 0 spiro atoms. The molecule has 2 fully saturated rings. The Hall–Kier alpha value is -1.89. The van der Waals surface area contributed by atoms with Crippen molar-refractivity contribution in [1.29, 1.82) is 0 Å². The van der Waals surface area contributed by atoms with Crippen LogP contribution in [-0.4, -0.2) is 60.2 Å². The van der Waals surface area contributed by atoms with Crippen LogP contribution < -0.4 is 5.32 Å². The topological polar surface area (TPSA) is 69.7 Å². The molecule has 0 atom stereocenters.